The van der Waals surface area contributed by atoms with Gasteiger partial charge in [0, 0.05) is 110 Å². The molecule has 0 aliphatic carbocycles. The van der Waals surface area contributed by atoms with E-state index in [1.807, 2.05) is 48.5 Å². The molecule has 67 heavy (non-hydrogen) atoms. The Balaban J connectivity index is 0.000000151. The van der Waals surface area contributed by atoms with Crippen molar-refractivity contribution in [2.24, 2.45) is 0 Å². The molecule has 6 heterocycles. The highest BCUT2D eigenvalue weighted by molar-refractivity contribution is 7.91. The third-order valence-corrected chi connectivity index (χ3v) is 17.9. The number of anilines is 3. The van der Waals surface area contributed by atoms with Crippen LogP contribution in [0, 0.1) is 0 Å². The molecule has 0 spiro atoms. The molecule has 12 nitrogen and oxygen atoms in total. The van der Waals surface area contributed by atoms with Gasteiger partial charge in [-0.1, -0.05) is 58.0 Å². The Kier molecular flexibility index (Phi) is 16.1. The third kappa shape index (κ3) is 12.3. The number of aromatic nitrogens is 4. The Bertz CT molecular complexity index is 3210. The van der Waals surface area contributed by atoms with E-state index in [2.05, 4.69) is 40.0 Å². The van der Waals surface area contributed by atoms with Crippen molar-refractivity contribution >= 4 is 139 Å². The number of halogens is 5. The third-order valence-electron chi connectivity index (χ3n) is 10.9. The summed E-state index contributed by atoms with van der Waals surface area (Å²) in [6.07, 6.45) is 6.51. The fourth-order valence-corrected chi connectivity index (χ4v) is 12.9. The van der Waals surface area contributed by atoms with Crippen LogP contribution >= 0.6 is 80.7 Å². The van der Waals surface area contributed by atoms with Gasteiger partial charge >= 0.3 is 0 Å². The van der Waals surface area contributed by atoms with Crippen LogP contribution in [0.4, 0.5) is 17.2 Å². The molecule has 0 radical (unpaired) electrons. The summed E-state index contributed by atoms with van der Waals surface area (Å²) >= 11 is 32.7. The smallest absolute Gasteiger partial charge is 0.184 e. The van der Waals surface area contributed by atoms with E-state index in [1.54, 1.807) is 71.9 Å². The van der Waals surface area contributed by atoms with Crippen molar-refractivity contribution in [3.63, 3.8) is 0 Å². The molecular weight excluding hydrogens is 1030 g/mol. The van der Waals surface area contributed by atoms with Gasteiger partial charge in [0.15, 0.2) is 19.7 Å². The van der Waals surface area contributed by atoms with E-state index < -0.39 is 19.7 Å². The van der Waals surface area contributed by atoms with Crippen molar-refractivity contribution in [2.45, 2.75) is 21.3 Å². The average molecular weight is 1080 g/mol. The number of hydrogen-bond acceptors (Lipinski definition) is 14. The lowest BCUT2D eigenvalue weighted by Gasteiger charge is -2.37. The Hall–Kier alpha value is -4.33. The van der Waals surface area contributed by atoms with Crippen molar-refractivity contribution in [1.82, 2.24) is 25.3 Å². The number of hydrogen-bond donors (Lipinski definition) is 1. The Morgan fingerprint density at radius 1 is 0.493 bits per heavy atom. The molecule has 348 valence electrons. The molecule has 8 aromatic rings. The van der Waals surface area contributed by atoms with Crippen LogP contribution in [0.25, 0.3) is 21.5 Å². The fraction of sp³-hybridized carbons (Fsp3) is 0.217. The molecule has 0 bridgehead atoms. The monoisotopic (exact) mass is 1070 g/mol. The van der Waals surface area contributed by atoms with Gasteiger partial charge in [-0.25, -0.2) is 36.8 Å². The van der Waals surface area contributed by atoms with Crippen LogP contribution in [0.2, 0.25) is 25.2 Å². The van der Waals surface area contributed by atoms with Crippen molar-refractivity contribution in [3.8, 4) is 0 Å². The first-order valence-corrected chi connectivity index (χ1v) is 27.7. The molecule has 0 amide bonds. The molecule has 4 aromatic carbocycles. The van der Waals surface area contributed by atoms with Gasteiger partial charge < -0.3 is 20.0 Å². The molecule has 1 N–H and O–H groups in total. The van der Waals surface area contributed by atoms with E-state index in [9.17, 15) is 16.8 Å². The SMILES string of the molecule is Clc1ccc(N2CCNCC2)cc1Cl.O=S(=O)(Cc1nccs1)c1ccc2c(Cl)nccc2c1.O=S(=O)(Cc1nccs1)c1ccc2c(N3CCN(c4ccc(Cl)c(Cl)c4)CC3)nccc2c1. The number of pyridine rings is 2. The van der Waals surface area contributed by atoms with Gasteiger partial charge in [0.05, 0.1) is 29.9 Å². The highest BCUT2D eigenvalue weighted by atomic mass is 35.5. The number of piperazine rings is 2. The fourth-order valence-electron chi connectivity index (χ4n) is 7.50. The van der Waals surface area contributed by atoms with E-state index in [1.165, 1.54) is 22.7 Å². The summed E-state index contributed by atoms with van der Waals surface area (Å²) in [7, 11) is -6.87. The van der Waals surface area contributed by atoms with Crippen LogP contribution in [0.5, 0.6) is 0 Å². The van der Waals surface area contributed by atoms with Crippen LogP contribution in [0.1, 0.15) is 10.0 Å². The minimum absolute atomic E-state index is 0.0883. The van der Waals surface area contributed by atoms with Gasteiger partial charge in [0.2, 0.25) is 0 Å². The lowest BCUT2D eigenvalue weighted by Crippen LogP contribution is -2.46. The van der Waals surface area contributed by atoms with E-state index in [-0.39, 0.29) is 16.4 Å². The number of nitrogens with zero attached hydrogens (tertiary/aromatic N) is 7. The zero-order chi connectivity index (χ0) is 47.1. The molecule has 21 heteroatoms. The second kappa shape index (κ2) is 22.0. The molecule has 4 aromatic heterocycles. The van der Waals surface area contributed by atoms with Crippen LogP contribution in [0.15, 0.2) is 130 Å². The maximum absolute atomic E-state index is 12.9. The highest BCUT2D eigenvalue weighted by Gasteiger charge is 2.23. The summed E-state index contributed by atoms with van der Waals surface area (Å²) in [5.74, 6) is 0.685. The van der Waals surface area contributed by atoms with Gasteiger partial charge in [-0.3, -0.25) is 0 Å². The summed E-state index contributed by atoms with van der Waals surface area (Å²) in [4.78, 5) is 24.1. The van der Waals surface area contributed by atoms with E-state index in [0.717, 1.165) is 91.1 Å². The minimum atomic E-state index is -3.47. The predicted molar refractivity (Wildman–Crippen MR) is 277 cm³/mol. The maximum atomic E-state index is 12.9. The van der Waals surface area contributed by atoms with Gasteiger partial charge in [-0.2, -0.15) is 0 Å². The van der Waals surface area contributed by atoms with Gasteiger partial charge in [0.25, 0.3) is 0 Å². The average Bonchev–Trinajstić information content (AvgIpc) is 4.06. The molecule has 2 aliphatic rings. The van der Waals surface area contributed by atoms with Crippen molar-refractivity contribution in [3.05, 3.63) is 156 Å². The van der Waals surface area contributed by atoms with Crippen LogP contribution in [-0.2, 0) is 31.2 Å². The number of nitrogens with one attached hydrogen (secondary N) is 1. The number of fused-ring (bicyclic) bond motifs is 2. The van der Waals surface area contributed by atoms with E-state index >= 15 is 0 Å². The predicted octanol–water partition coefficient (Wildman–Crippen LogP) is 11.0. The van der Waals surface area contributed by atoms with Gasteiger partial charge in [-0.15, -0.1) is 22.7 Å². The number of rotatable bonds is 9. The molecular formula is C46H41Cl5N8O4S4. The van der Waals surface area contributed by atoms with Crippen molar-refractivity contribution in [2.75, 3.05) is 67.1 Å². The standard InChI is InChI=1S/C23H20Cl2N4O2S2.C13H9ClN2O2S2.C10H12Cl2N2/c24-20-4-1-17(14-21(20)25)28-8-10-29(11-9-28)23-19-3-2-18(13-16(19)5-6-27-23)33(30,31)15-22-26-7-12-32-22;14-13-11-2-1-10(7-9(11)3-4-16-13)20(17,18)8-12-15-5-6-19-12;11-9-2-1-8(7-10(9)12)14-5-3-13-4-6-14/h1-7,12-14H,8-11,15H2;1-7H,8H2;1-2,7,13H,3-6H2. The zero-order valence-electron chi connectivity index (χ0n) is 35.4. The molecule has 0 atom stereocenters. The van der Waals surface area contributed by atoms with Gasteiger partial charge in [-0.05, 0) is 95.7 Å². The second-order valence-corrected chi connectivity index (χ2v) is 23.2. The first-order valence-electron chi connectivity index (χ1n) is 20.7. The molecule has 0 saturated carbocycles. The summed E-state index contributed by atoms with van der Waals surface area (Å²) < 4.78 is 50.4. The van der Waals surface area contributed by atoms with Crippen LogP contribution in [-0.4, -0.2) is 89.1 Å². The molecule has 2 fully saturated rings. The summed E-state index contributed by atoms with van der Waals surface area (Å²) in [5.41, 5.74) is 2.20. The molecule has 2 saturated heterocycles. The minimum Gasteiger partial charge on any atom is -0.369 e. The van der Waals surface area contributed by atoms with E-state index in [4.69, 9.17) is 58.0 Å². The Morgan fingerprint density at radius 2 is 0.970 bits per heavy atom. The van der Waals surface area contributed by atoms with Crippen LogP contribution < -0.4 is 20.0 Å². The second-order valence-electron chi connectivity index (χ2n) is 15.3. The normalized spacial score (nSPS) is 14.4. The first kappa shape index (κ1) is 49.1. The molecule has 10 rings (SSSR count). The van der Waals surface area contributed by atoms with E-state index in [0.29, 0.717) is 40.2 Å². The summed E-state index contributed by atoms with van der Waals surface area (Å²) in [6.45, 7) is 7.32. The highest BCUT2D eigenvalue weighted by Crippen LogP contribution is 2.32. The summed E-state index contributed by atoms with van der Waals surface area (Å²) in [5, 5.41) is 14.0. The quantitative estimate of drug-likeness (QED) is 0.138. The Morgan fingerprint density at radius 3 is 1.48 bits per heavy atom. The lowest BCUT2D eigenvalue weighted by atomic mass is 10.1. The first-order chi connectivity index (χ1) is 32.2. The number of sulfone groups is 2. The summed E-state index contributed by atoms with van der Waals surface area (Å²) in [6, 6.07) is 25.2. The largest absolute Gasteiger partial charge is 0.369 e. The maximum Gasteiger partial charge on any atom is 0.184 e. The zero-order valence-corrected chi connectivity index (χ0v) is 42.5. The molecule has 0 unspecified atom stereocenters. The lowest BCUT2D eigenvalue weighted by molar-refractivity contribution is 0.589. The number of thiazole rings is 2. The Labute approximate surface area is 421 Å². The number of benzene rings is 4. The topological polar surface area (TPSA) is 142 Å². The molecule has 2 aliphatic heterocycles. The van der Waals surface area contributed by atoms with Crippen LogP contribution in [0.3, 0.4) is 0 Å². The van der Waals surface area contributed by atoms with Crippen molar-refractivity contribution in [1.29, 1.82) is 0 Å². The van der Waals surface area contributed by atoms with Gasteiger partial charge in [0.1, 0.15) is 32.5 Å². The van der Waals surface area contributed by atoms with Crippen molar-refractivity contribution < 1.29 is 16.8 Å².